The molecule has 5 N–H and O–H groups in total. The topological polar surface area (TPSA) is 139 Å². The van der Waals surface area contributed by atoms with Crippen molar-refractivity contribution in [2.75, 3.05) is 12.3 Å². The van der Waals surface area contributed by atoms with E-state index in [1.54, 1.807) is 13.8 Å². The van der Waals surface area contributed by atoms with Gasteiger partial charge in [0.2, 0.25) is 11.6 Å². The van der Waals surface area contributed by atoms with Gasteiger partial charge in [-0.1, -0.05) is 13.8 Å². The van der Waals surface area contributed by atoms with Crippen LogP contribution in [0, 0.1) is 24.1 Å². The molecular weight excluding hydrogens is 388 g/mol. The second kappa shape index (κ2) is 7.22. The number of ether oxygens (including phenoxy) is 2. The molecule has 9 nitrogen and oxygen atoms in total. The number of nitrogens with zero attached hydrogens (tertiary/aromatic N) is 3. The van der Waals surface area contributed by atoms with Crippen LogP contribution in [0.4, 0.5) is 14.6 Å². The van der Waals surface area contributed by atoms with Crippen LogP contribution in [0.15, 0.2) is 12.5 Å². The molecule has 0 saturated carbocycles. The number of nitrogens with two attached hydrogens (primary N) is 2. The van der Waals surface area contributed by atoms with E-state index in [0.29, 0.717) is 0 Å². The number of halogens is 2. The SMILES string of the molecule is C#C[C@@]1(n2cc(F)c3c(N)ncnc32)O[C@](F)(COC(=O)[C@@H](N)C(C)C)C[C@H]1O. The van der Waals surface area contributed by atoms with Crippen molar-refractivity contribution in [1.29, 1.82) is 0 Å². The molecule has 2 aromatic rings. The minimum atomic E-state index is -2.64. The average Bonchev–Trinajstić information content (AvgIpc) is 3.14. The third-order valence-electron chi connectivity index (χ3n) is 4.84. The lowest BCUT2D eigenvalue weighted by molar-refractivity contribution is -0.216. The maximum absolute atomic E-state index is 15.3. The molecule has 0 aromatic carbocycles. The highest BCUT2D eigenvalue weighted by molar-refractivity contribution is 5.87. The Morgan fingerprint density at radius 1 is 1.59 bits per heavy atom. The number of hydrogen-bond acceptors (Lipinski definition) is 8. The molecule has 3 heterocycles. The molecule has 0 bridgehead atoms. The summed E-state index contributed by atoms with van der Waals surface area (Å²) in [5, 5.41) is 10.4. The Balaban J connectivity index is 1.93. The number of nitrogen functional groups attached to an aromatic ring is 1. The highest BCUT2D eigenvalue weighted by Crippen LogP contribution is 2.44. The lowest BCUT2D eigenvalue weighted by Crippen LogP contribution is -2.43. The highest BCUT2D eigenvalue weighted by atomic mass is 19.2. The van der Waals surface area contributed by atoms with E-state index >= 15 is 4.39 Å². The molecule has 1 fully saturated rings. The number of rotatable bonds is 5. The van der Waals surface area contributed by atoms with Crippen molar-refractivity contribution in [3.8, 4) is 12.3 Å². The Morgan fingerprint density at radius 2 is 2.28 bits per heavy atom. The fourth-order valence-electron chi connectivity index (χ4n) is 3.15. The Bertz CT molecular complexity index is 991. The van der Waals surface area contributed by atoms with Gasteiger partial charge in [-0.05, 0) is 11.8 Å². The fourth-order valence-corrected chi connectivity index (χ4v) is 3.15. The lowest BCUT2D eigenvalue weighted by Gasteiger charge is -2.29. The van der Waals surface area contributed by atoms with Crippen LogP contribution >= 0.6 is 0 Å². The second-order valence-electron chi connectivity index (χ2n) is 7.23. The number of terminal acetylenes is 1. The zero-order valence-electron chi connectivity index (χ0n) is 15.8. The molecular formula is C18H21F2N5O4. The van der Waals surface area contributed by atoms with E-state index in [-0.39, 0.29) is 22.8 Å². The summed E-state index contributed by atoms with van der Waals surface area (Å²) in [6, 6.07) is -0.954. The summed E-state index contributed by atoms with van der Waals surface area (Å²) in [5.41, 5.74) is 9.11. The maximum atomic E-state index is 15.3. The summed E-state index contributed by atoms with van der Waals surface area (Å²) in [4.78, 5) is 19.5. The van der Waals surface area contributed by atoms with Crippen molar-refractivity contribution in [1.82, 2.24) is 14.5 Å². The van der Waals surface area contributed by atoms with Crippen LogP contribution in [0.5, 0.6) is 0 Å². The molecule has 11 heteroatoms. The van der Waals surface area contributed by atoms with Crippen molar-refractivity contribution >= 4 is 22.8 Å². The van der Waals surface area contributed by atoms with E-state index in [4.69, 9.17) is 27.4 Å². The first-order valence-electron chi connectivity index (χ1n) is 8.79. The molecule has 156 valence electrons. The van der Waals surface area contributed by atoms with E-state index < -0.39 is 48.5 Å². The van der Waals surface area contributed by atoms with Gasteiger partial charge in [0.25, 0.3) is 0 Å². The summed E-state index contributed by atoms with van der Waals surface area (Å²) in [7, 11) is 0. The number of carbonyl (C=O) groups excluding carboxylic acids is 1. The van der Waals surface area contributed by atoms with Crippen LogP contribution in [0.3, 0.4) is 0 Å². The third-order valence-corrected chi connectivity index (χ3v) is 4.84. The van der Waals surface area contributed by atoms with E-state index in [1.807, 2.05) is 0 Å². The van der Waals surface area contributed by atoms with Crippen LogP contribution in [-0.2, 0) is 20.0 Å². The number of esters is 1. The molecule has 0 amide bonds. The first kappa shape index (κ1) is 20.9. The van der Waals surface area contributed by atoms with Gasteiger partial charge in [-0.25, -0.2) is 18.7 Å². The number of alkyl halides is 1. The molecule has 29 heavy (non-hydrogen) atoms. The number of aromatic nitrogens is 3. The van der Waals surface area contributed by atoms with Crippen molar-refractivity contribution in [3.05, 3.63) is 18.3 Å². The van der Waals surface area contributed by atoms with Crippen LogP contribution in [-0.4, -0.2) is 50.2 Å². The molecule has 1 saturated heterocycles. The van der Waals surface area contributed by atoms with E-state index in [0.717, 1.165) is 17.1 Å². The van der Waals surface area contributed by atoms with Crippen LogP contribution in [0.2, 0.25) is 0 Å². The monoisotopic (exact) mass is 409 g/mol. The standard InChI is InChI=1S/C18H21F2N5O4/c1-4-18(25-6-10(19)12-14(22)23-8-24-15(12)25)11(26)5-17(20,29-18)7-28-16(27)13(21)9(2)3/h1,6,8-9,11,13,26H,5,7,21H2,2-3H3,(H2,22,23,24)/t11-,13+,17+,18-/m1/s1. The lowest BCUT2D eigenvalue weighted by atomic mass is 10.0. The number of anilines is 1. The van der Waals surface area contributed by atoms with Gasteiger partial charge >= 0.3 is 5.97 Å². The third kappa shape index (κ3) is 3.39. The van der Waals surface area contributed by atoms with Gasteiger partial charge in [0.05, 0.1) is 5.39 Å². The Kier molecular flexibility index (Phi) is 5.20. The predicted octanol–water partition coefficient (Wildman–Crippen LogP) is 0.412. The summed E-state index contributed by atoms with van der Waals surface area (Å²) in [6.07, 6.45) is 5.26. The molecule has 1 aliphatic heterocycles. The number of fused-ring (bicyclic) bond motifs is 1. The molecule has 0 spiro atoms. The zero-order valence-corrected chi connectivity index (χ0v) is 15.8. The Labute approximate surface area is 165 Å². The molecule has 0 unspecified atom stereocenters. The largest absolute Gasteiger partial charge is 0.458 e. The van der Waals surface area contributed by atoms with Crippen molar-refractivity contribution in [2.45, 2.75) is 44.0 Å². The van der Waals surface area contributed by atoms with E-state index in [1.165, 1.54) is 0 Å². The van der Waals surface area contributed by atoms with E-state index in [9.17, 15) is 14.3 Å². The minimum absolute atomic E-state index is 0.0879. The molecule has 4 atom stereocenters. The van der Waals surface area contributed by atoms with Gasteiger partial charge in [0.15, 0.2) is 18.1 Å². The van der Waals surface area contributed by atoms with Crippen molar-refractivity contribution in [3.63, 3.8) is 0 Å². The summed E-state index contributed by atoms with van der Waals surface area (Å²) in [6.45, 7) is 2.55. The van der Waals surface area contributed by atoms with Crippen LogP contribution in [0.25, 0.3) is 11.0 Å². The second-order valence-corrected chi connectivity index (χ2v) is 7.23. The van der Waals surface area contributed by atoms with Gasteiger partial charge in [0, 0.05) is 12.6 Å². The number of aliphatic hydroxyl groups is 1. The van der Waals surface area contributed by atoms with E-state index in [2.05, 4.69) is 15.9 Å². The molecule has 2 aromatic heterocycles. The van der Waals surface area contributed by atoms with Crippen LogP contribution < -0.4 is 11.5 Å². The van der Waals surface area contributed by atoms with Gasteiger partial charge in [0.1, 0.15) is 24.3 Å². The first-order chi connectivity index (χ1) is 13.5. The minimum Gasteiger partial charge on any atom is -0.458 e. The zero-order chi connectivity index (χ0) is 21.6. The van der Waals surface area contributed by atoms with Gasteiger partial charge < -0.3 is 26.0 Å². The average molecular weight is 409 g/mol. The predicted molar refractivity (Wildman–Crippen MR) is 98.0 cm³/mol. The summed E-state index contributed by atoms with van der Waals surface area (Å²) in [5.74, 6) is -2.50. The van der Waals surface area contributed by atoms with Gasteiger partial charge in [-0.3, -0.25) is 9.36 Å². The number of aliphatic hydroxyl groups excluding tert-OH is 1. The smallest absolute Gasteiger partial charge is 0.323 e. The maximum Gasteiger partial charge on any atom is 0.323 e. The molecule has 0 aliphatic carbocycles. The van der Waals surface area contributed by atoms with Crippen molar-refractivity contribution in [2.24, 2.45) is 11.7 Å². The number of carbonyl (C=O) groups is 1. The summed E-state index contributed by atoms with van der Waals surface area (Å²) >= 11 is 0. The fraction of sp³-hybridized carbons (Fsp3) is 0.500. The normalized spacial score (nSPS) is 27.9. The summed E-state index contributed by atoms with van der Waals surface area (Å²) < 4.78 is 40.9. The van der Waals surface area contributed by atoms with Gasteiger partial charge in [-0.15, -0.1) is 6.42 Å². The quantitative estimate of drug-likeness (QED) is 0.477. The van der Waals surface area contributed by atoms with Crippen molar-refractivity contribution < 1.29 is 28.2 Å². The Hall–Kier alpha value is -2.81. The molecule has 1 aliphatic rings. The molecule has 0 radical (unpaired) electrons. The first-order valence-corrected chi connectivity index (χ1v) is 8.79. The number of hydrogen-bond donors (Lipinski definition) is 3. The highest BCUT2D eigenvalue weighted by Gasteiger charge is 2.58. The van der Waals surface area contributed by atoms with Gasteiger partial charge in [-0.2, -0.15) is 0 Å². The van der Waals surface area contributed by atoms with Crippen LogP contribution in [0.1, 0.15) is 20.3 Å². The Morgan fingerprint density at radius 3 is 2.90 bits per heavy atom. The molecule has 3 rings (SSSR count).